The van der Waals surface area contributed by atoms with Gasteiger partial charge >= 0.3 is 0 Å². The average molecular weight is 228 g/mol. The molecule has 0 N–H and O–H groups in total. The minimum absolute atomic E-state index is 0.468. The Labute approximate surface area is 101 Å². The van der Waals surface area contributed by atoms with Crippen LogP contribution in [-0.2, 0) is 7.05 Å². The number of aryl methyl sites for hydroxylation is 1. The van der Waals surface area contributed by atoms with Crippen molar-refractivity contribution in [3.05, 3.63) is 41.6 Å². The molecule has 0 bridgehead atoms. The number of aromatic nitrogens is 2. The summed E-state index contributed by atoms with van der Waals surface area (Å²) in [5, 5.41) is 4.11. The van der Waals surface area contributed by atoms with Crippen LogP contribution in [0.4, 0.5) is 0 Å². The summed E-state index contributed by atoms with van der Waals surface area (Å²) in [4.78, 5) is 10.7. The summed E-state index contributed by atoms with van der Waals surface area (Å²) in [5.74, 6) is 0.529. The summed E-state index contributed by atoms with van der Waals surface area (Å²) in [6.45, 7) is 4.34. The Bertz CT molecular complexity index is 524. The van der Waals surface area contributed by atoms with Gasteiger partial charge in [-0.05, 0) is 23.1 Å². The highest BCUT2D eigenvalue weighted by atomic mass is 16.1. The van der Waals surface area contributed by atoms with Crippen molar-refractivity contribution >= 4 is 6.29 Å². The highest BCUT2D eigenvalue weighted by Crippen LogP contribution is 2.22. The maximum absolute atomic E-state index is 10.7. The molecule has 0 aliphatic heterocycles. The van der Waals surface area contributed by atoms with Crippen LogP contribution in [0.5, 0.6) is 0 Å². The van der Waals surface area contributed by atoms with Gasteiger partial charge in [0.2, 0.25) is 0 Å². The van der Waals surface area contributed by atoms with Crippen LogP contribution in [0.2, 0.25) is 0 Å². The van der Waals surface area contributed by atoms with Crippen molar-refractivity contribution in [3.8, 4) is 11.3 Å². The van der Waals surface area contributed by atoms with Crippen LogP contribution in [0.3, 0.4) is 0 Å². The summed E-state index contributed by atoms with van der Waals surface area (Å²) in [6.07, 6.45) is 0.770. The van der Waals surface area contributed by atoms with E-state index in [9.17, 15) is 4.79 Å². The van der Waals surface area contributed by atoms with E-state index in [4.69, 9.17) is 0 Å². The second kappa shape index (κ2) is 4.53. The maximum atomic E-state index is 10.7. The molecular weight excluding hydrogens is 212 g/mol. The topological polar surface area (TPSA) is 34.9 Å². The van der Waals surface area contributed by atoms with Gasteiger partial charge in [-0.1, -0.05) is 38.1 Å². The Hall–Kier alpha value is -1.90. The molecule has 2 aromatic rings. The fraction of sp³-hybridized carbons (Fsp3) is 0.286. The Morgan fingerprint density at radius 1 is 1.24 bits per heavy atom. The Morgan fingerprint density at radius 3 is 2.35 bits per heavy atom. The standard InChI is InChI=1S/C14H16N2O/c1-10(2)11-4-6-12(7-5-11)14-8-13(9-17)15-16(14)3/h4-10H,1-3H3. The number of benzene rings is 1. The van der Waals surface area contributed by atoms with Crippen molar-refractivity contribution in [2.45, 2.75) is 19.8 Å². The Kier molecular flexibility index (Phi) is 3.09. The van der Waals surface area contributed by atoms with Crippen molar-refractivity contribution in [3.63, 3.8) is 0 Å². The van der Waals surface area contributed by atoms with E-state index in [1.807, 2.05) is 7.05 Å². The summed E-state index contributed by atoms with van der Waals surface area (Å²) >= 11 is 0. The third-order valence-corrected chi connectivity index (χ3v) is 2.89. The first-order chi connectivity index (χ1) is 8.11. The van der Waals surface area contributed by atoms with Gasteiger partial charge in [-0.15, -0.1) is 0 Å². The normalized spacial score (nSPS) is 10.8. The molecule has 1 heterocycles. The van der Waals surface area contributed by atoms with E-state index in [2.05, 4.69) is 43.2 Å². The van der Waals surface area contributed by atoms with Crippen molar-refractivity contribution in [1.82, 2.24) is 9.78 Å². The molecule has 17 heavy (non-hydrogen) atoms. The molecule has 1 aromatic carbocycles. The van der Waals surface area contributed by atoms with Gasteiger partial charge < -0.3 is 0 Å². The molecule has 0 spiro atoms. The monoisotopic (exact) mass is 228 g/mol. The number of hydrogen-bond acceptors (Lipinski definition) is 2. The van der Waals surface area contributed by atoms with E-state index in [0.717, 1.165) is 17.5 Å². The zero-order valence-electron chi connectivity index (χ0n) is 10.3. The van der Waals surface area contributed by atoms with Gasteiger partial charge in [0.15, 0.2) is 6.29 Å². The van der Waals surface area contributed by atoms with E-state index in [0.29, 0.717) is 11.6 Å². The third-order valence-electron chi connectivity index (χ3n) is 2.89. The zero-order chi connectivity index (χ0) is 12.4. The lowest BCUT2D eigenvalue weighted by atomic mass is 10.0. The zero-order valence-corrected chi connectivity index (χ0v) is 10.3. The van der Waals surface area contributed by atoms with Crippen LogP contribution in [-0.4, -0.2) is 16.1 Å². The van der Waals surface area contributed by atoms with Crippen LogP contribution >= 0.6 is 0 Å². The number of carbonyl (C=O) groups excluding carboxylic acids is 1. The van der Waals surface area contributed by atoms with Gasteiger partial charge in [0.05, 0.1) is 5.69 Å². The molecule has 0 radical (unpaired) electrons. The van der Waals surface area contributed by atoms with Crippen LogP contribution < -0.4 is 0 Å². The predicted molar refractivity (Wildman–Crippen MR) is 68.1 cm³/mol. The second-order valence-corrected chi connectivity index (χ2v) is 4.47. The maximum Gasteiger partial charge on any atom is 0.170 e. The van der Waals surface area contributed by atoms with Crippen LogP contribution in [0, 0.1) is 0 Å². The summed E-state index contributed by atoms with van der Waals surface area (Å²) in [5.41, 5.74) is 3.82. The molecule has 0 saturated heterocycles. The van der Waals surface area contributed by atoms with Crippen molar-refractivity contribution in [1.29, 1.82) is 0 Å². The number of carbonyl (C=O) groups is 1. The first kappa shape index (κ1) is 11.6. The lowest BCUT2D eigenvalue weighted by molar-refractivity contribution is 0.111. The van der Waals surface area contributed by atoms with Crippen LogP contribution in [0.15, 0.2) is 30.3 Å². The van der Waals surface area contributed by atoms with E-state index in [1.54, 1.807) is 10.7 Å². The fourth-order valence-corrected chi connectivity index (χ4v) is 1.86. The summed E-state index contributed by atoms with van der Waals surface area (Å²) < 4.78 is 1.73. The van der Waals surface area contributed by atoms with Gasteiger partial charge in [-0.25, -0.2) is 0 Å². The Morgan fingerprint density at radius 2 is 1.88 bits per heavy atom. The van der Waals surface area contributed by atoms with E-state index < -0.39 is 0 Å². The molecule has 88 valence electrons. The summed E-state index contributed by atoms with van der Waals surface area (Å²) in [6, 6.07) is 10.2. The number of rotatable bonds is 3. The highest BCUT2D eigenvalue weighted by molar-refractivity contribution is 5.75. The molecule has 3 heteroatoms. The molecule has 0 aliphatic rings. The molecule has 0 atom stereocenters. The molecule has 0 amide bonds. The lowest BCUT2D eigenvalue weighted by Crippen LogP contribution is -1.94. The molecule has 0 aliphatic carbocycles. The average Bonchev–Trinajstić information content (AvgIpc) is 2.71. The molecular formula is C14H16N2O. The van der Waals surface area contributed by atoms with Crippen LogP contribution in [0.1, 0.15) is 35.8 Å². The van der Waals surface area contributed by atoms with Crippen molar-refractivity contribution < 1.29 is 4.79 Å². The van der Waals surface area contributed by atoms with Gasteiger partial charge in [-0.2, -0.15) is 5.10 Å². The van der Waals surface area contributed by atoms with Gasteiger partial charge in [-0.3, -0.25) is 9.48 Å². The highest BCUT2D eigenvalue weighted by Gasteiger charge is 2.07. The first-order valence-electron chi connectivity index (χ1n) is 5.71. The van der Waals surface area contributed by atoms with Gasteiger partial charge in [0.25, 0.3) is 0 Å². The van der Waals surface area contributed by atoms with E-state index >= 15 is 0 Å². The Balaban J connectivity index is 2.39. The predicted octanol–water partition coefficient (Wildman–Crippen LogP) is 3.02. The number of nitrogens with zero attached hydrogens (tertiary/aromatic N) is 2. The van der Waals surface area contributed by atoms with Gasteiger partial charge in [0.1, 0.15) is 5.69 Å². The molecule has 0 unspecified atom stereocenters. The molecule has 3 nitrogen and oxygen atoms in total. The quantitative estimate of drug-likeness (QED) is 0.757. The smallest absolute Gasteiger partial charge is 0.170 e. The van der Waals surface area contributed by atoms with Crippen molar-refractivity contribution in [2.24, 2.45) is 7.05 Å². The van der Waals surface area contributed by atoms with E-state index in [1.165, 1.54) is 5.56 Å². The van der Waals surface area contributed by atoms with Crippen molar-refractivity contribution in [2.75, 3.05) is 0 Å². The third kappa shape index (κ3) is 2.28. The SMILES string of the molecule is CC(C)c1ccc(-c2cc(C=O)nn2C)cc1. The van der Waals surface area contributed by atoms with Crippen LogP contribution in [0.25, 0.3) is 11.3 Å². The molecule has 1 aromatic heterocycles. The lowest BCUT2D eigenvalue weighted by Gasteiger charge is -2.06. The minimum Gasteiger partial charge on any atom is -0.296 e. The second-order valence-electron chi connectivity index (χ2n) is 4.47. The van der Waals surface area contributed by atoms with Gasteiger partial charge in [0, 0.05) is 7.05 Å². The fourth-order valence-electron chi connectivity index (χ4n) is 1.86. The molecule has 0 fully saturated rings. The largest absolute Gasteiger partial charge is 0.296 e. The van der Waals surface area contributed by atoms with E-state index in [-0.39, 0.29) is 0 Å². The first-order valence-corrected chi connectivity index (χ1v) is 5.71. The number of hydrogen-bond donors (Lipinski definition) is 0. The number of aldehydes is 1. The minimum atomic E-state index is 0.468. The molecule has 0 saturated carbocycles. The summed E-state index contributed by atoms with van der Waals surface area (Å²) in [7, 11) is 1.85. The molecule has 2 rings (SSSR count).